The van der Waals surface area contributed by atoms with E-state index in [0.717, 1.165) is 6.07 Å². The van der Waals surface area contributed by atoms with Gasteiger partial charge in [-0.3, -0.25) is 0 Å². The van der Waals surface area contributed by atoms with Crippen LogP contribution in [0.2, 0.25) is 0 Å². The van der Waals surface area contributed by atoms with Gasteiger partial charge in [-0.15, -0.1) is 0 Å². The summed E-state index contributed by atoms with van der Waals surface area (Å²) in [6.45, 7) is 4.56. The molecule has 2 N–H and O–H groups in total. The lowest BCUT2D eigenvalue weighted by Crippen LogP contribution is -2.26. The molecule has 0 saturated carbocycles. The molecule has 0 heterocycles. The van der Waals surface area contributed by atoms with E-state index in [1.165, 1.54) is 6.07 Å². The van der Waals surface area contributed by atoms with Crippen molar-refractivity contribution in [2.75, 3.05) is 13.2 Å². The number of nitrogens with one attached hydrogen (secondary N) is 1. The zero-order valence-electron chi connectivity index (χ0n) is 10.5. The van der Waals surface area contributed by atoms with Gasteiger partial charge in [0.25, 0.3) is 0 Å². The normalized spacial score (nSPS) is 14.6. The van der Waals surface area contributed by atoms with Gasteiger partial charge in [0.1, 0.15) is 0 Å². The molecule has 2 unspecified atom stereocenters. The Balaban J connectivity index is 2.72. The monoisotopic (exact) mass is 321 g/mol. The highest BCUT2D eigenvalue weighted by Crippen LogP contribution is 2.27. The third-order valence-electron chi connectivity index (χ3n) is 2.91. The van der Waals surface area contributed by atoms with Crippen LogP contribution in [0.1, 0.15) is 31.9 Å². The van der Waals surface area contributed by atoms with Gasteiger partial charge in [0.15, 0.2) is 11.6 Å². The van der Waals surface area contributed by atoms with Crippen molar-refractivity contribution in [3.05, 3.63) is 33.8 Å². The van der Waals surface area contributed by atoms with Crippen LogP contribution in [0.3, 0.4) is 0 Å². The Hall–Kier alpha value is -0.520. The Morgan fingerprint density at radius 1 is 1.33 bits per heavy atom. The zero-order valence-corrected chi connectivity index (χ0v) is 12.1. The van der Waals surface area contributed by atoms with E-state index in [1.807, 2.05) is 6.92 Å². The van der Waals surface area contributed by atoms with E-state index in [9.17, 15) is 8.78 Å². The summed E-state index contributed by atoms with van der Waals surface area (Å²) in [5.74, 6) is -1.38. The first kappa shape index (κ1) is 15.5. The van der Waals surface area contributed by atoms with Crippen molar-refractivity contribution in [1.29, 1.82) is 0 Å². The fourth-order valence-corrected chi connectivity index (χ4v) is 2.39. The van der Waals surface area contributed by atoms with Crippen molar-refractivity contribution < 1.29 is 13.9 Å². The van der Waals surface area contributed by atoms with Crippen molar-refractivity contribution in [3.8, 4) is 0 Å². The van der Waals surface area contributed by atoms with Gasteiger partial charge in [-0.1, -0.05) is 22.9 Å². The van der Waals surface area contributed by atoms with Crippen LogP contribution < -0.4 is 5.32 Å². The average Bonchev–Trinajstić information content (AvgIpc) is 2.32. The van der Waals surface area contributed by atoms with E-state index in [-0.39, 0.29) is 18.6 Å². The van der Waals surface area contributed by atoms with E-state index < -0.39 is 11.6 Å². The fraction of sp³-hybridized carbons (Fsp3) is 0.538. The summed E-state index contributed by atoms with van der Waals surface area (Å²) in [5, 5.41) is 11.9. The largest absolute Gasteiger partial charge is 0.396 e. The average molecular weight is 322 g/mol. The predicted molar refractivity (Wildman–Crippen MR) is 71.3 cm³/mol. The zero-order chi connectivity index (χ0) is 13.7. The van der Waals surface area contributed by atoms with Crippen LogP contribution in [0.4, 0.5) is 8.78 Å². The van der Waals surface area contributed by atoms with Gasteiger partial charge in [0.05, 0.1) is 0 Å². The Labute approximate surface area is 115 Å². The molecule has 0 aliphatic heterocycles. The lowest BCUT2D eigenvalue weighted by atomic mass is 10.0. The second kappa shape index (κ2) is 7.16. The van der Waals surface area contributed by atoms with E-state index in [1.54, 1.807) is 6.92 Å². The Morgan fingerprint density at radius 3 is 2.61 bits per heavy atom. The molecule has 0 fully saturated rings. The quantitative estimate of drug-likeness (QED) is 0.787. The third-order valence-corrected chi connectivity index (χ3v) is 3.60. The fourth-order valence-electron chi connectivity index (χ4n) is 1.74. The van der Waals surface area contributed by atoms with Crippen LogP contribution in [-0.4, -0.2) is 18.3 Å². The minimum atomic E-state index is -0.842. The molecule has 18 heavy (non-hydrogen) atoms. The Kier molecular flexibility index (Phi) is 6.18. The van der Waals surface area contributed by atoms with E-state index in [0.29, 0.717) is 23.0 Å². The summed E-state index contributed by atoms with van der Waals surface area (Å²) < 4.78 is 27.4. The highest BCUT2D eigenvalue weighted by Gasteiger charge is 2.18. The summed E-state index contributed by atoms with van der Waals surface area (Å²) >= 11 is 3.23. The number of hydrogen-bond donors (Lipinski definition) is 2. The van der Waals surface area contributed by atoms with E-state index in [4.69, 9.17) is 5.11 Å². The first-order valence-corrected chi connectivity index (χ1v) is 6.74. The molecule has 0 aromatic heterocycles. The molecule has 2 atom stereocenters. The molecule has 0 aliphatic carbocycles. The number of benzene rings is 1. The number of rotatable bonds is 6. The van der Waals surface area contributed by atoms with Gasteiger partial charge in [-0.25, -0.2) is 8.78 Å². The van der Waals surface area contributed by atoms with Gasteiger partial charge >= 0.3 is 0 Å². The minimum Gasteiger partial charge on any atom is -0.396 e. The van der Waals surface area contributed by atoms with Crippen LogP contribution >= 0.6 is 15.9 Å². The van der Waals surface area contributed by atoms with Crippen LogP contribution in [0.25, 0.3) is 0 Å². The van der Waals surface area contributed by atoms with Crippen molar-refractivity contribution in [1.82, 2.24) is 5.32 Å². The SMILES string of the molecule is CC(CCO)CNC(C)c1c(Br)ccc(F)c1F. The summed E-state index contributed by atoms with van der Waals surface area (Å²) in [5.41, 5.74) is 0.297. The third kappa shape index (κ3) is 4.00. The first-order valence-electron chi connectivity index (χ1n) is 5.95. The lowest BCUT2D eigenvalue weighted by Gasteiger charge is -2.19. The van der Waals surface area contributed by atoms with Gasteiger partial charge in [0, 0.05) is 22.7 Å². The number of hydrogen-bond acceptors (Lipinski definition) is 2. The molecular weight excluding hydrogens is 304 g/mol. The van der Waals surface area contributed by atoms with E-state index in [2.05, 4.69) is 21.2 Å². The first-order chi connectivity index (χ1) is 8.47. The minimum absolute atomic E-state index is 0.134. The molecule has 5 heteroatoms. The predicted octanol–water partition coefficient (Wildman–Crippen LogP) is 3.40. The smallest absolute Gasteiger partial charge is 0.164 e. The highest BCUT2D eigenvalue weighted by molar-refractivity contribution is 9.10. The second-order valence-corrected chi connectivity index (χ2v) is 5.36. The maximum atomic E-state index is 13.7. The lowest BCUT2D eigenvalue weighted by molar-refractivity contribution is 0.258. The van der Waals surface area contributed by atoms with Crippen molar-refractivity contribution in [2.45, 2.75) is 26.3 Å². The van der Waals surface area contributed by atoms with Crippen LogP contribution in [0, 0.1) is 17.6 Å². The molecule has 0 aliphatic rings. The van der Waals surface area contributed by atoms with Crippen molar-refractivity contribution >= 4 is 15.9 Å². The number of aliphatic hydroxyl groups is 1. The molecule has 1 rings (SSSR count). The molecule has 0 radical (unpaired) electrons. The second-order valence-electron chi connectivity index (χ2n) is 4.50. The molecule has 0 amide bonds. The summed E-state index contributed by atoms with van der Waals surface area (Å²) in [6, 6.07) is 2.31. The molecular formula is C13H18BrF2NO. The van der Waals surface area contributed by atoms with Crippen LogP contribution in [0.15, 0.2) is 16.6 Å². The van der Waals surface area contributed by atoms with Gasteiger partial charge in [-0.05, 0) is 37.9 Å². The molecule has 0 bridgehead atoms. The summed E-state index contributed by atoms with van der Waals surface area (Å²) in [7, 11) is 0. The number of halogens is 3. The van der Waals surface area contributed by atoms with Gasteiger partial charge in [-0.2, -0.15) is 0 Å². The highest BCUT2D eigenvalue weighted by atomic mass is 79.9. The van der Waals surface area contributed by atoms with E-state index >= 15 is 0 Å². The Morgan fingerprint density at radius 2 is 2.00 bits per heavy atom. The number of aliphatic hydroxyl groups excluding tert-OH is 1. The molecule has 0 saturated heterocycles. The van der Waals surface area contributed by atoms with Crippen molar-refractivity contribution in [2.24, 2.45) is 5.92 Å². The molecule has 102 valence electrons. The molecule has 1 aromatic carbocycles. The standard InChI is InChI=1S/C13H18BrF2NO/c1-8(5-6-18)7-17-9(2)12-10(14)3-4-11(15)13(12)16/h3-4,8-9,17-18H,5-7H2,1-2H3. The topological polar surface area (TPSA) is 32.3 Å². The van der Waals surface area contributed by atoms with Crippen LogP contribution in [-0.2, 0) is 0 Å². The van der Waals surface area contributed by atoms with Crippen LogP contribution in [0.5, 0.6) is 0 Å². The van der Waals surface area contributed by atoms with Gasteiger partial charge < -0.3 is 10.4 Å². The Bertz CT molecular complexity index is 401. The van der Waals surface area contributed by atoms with Gasteiger partial charge in [0.2, 0.25) is 0 Å². The maximum Gasteiger partial charge on any atom is 0.164 e. The summed E-state index contributed by atoms with van der Waals surface area (Å²) in [6.07, 6.45) is 0.687. The summed E-state index contributed by atoms with van der Waals surface area (Å²) in [4.78, 5) is 0. The molecule has 0 spiro atoms. The molecule has 2 nitrogen and oxygen atoms in total. The van der Waals surface area contributed by atoms with Crippen molar-refractivity contribution in [3.63, 3.8) is 0 Å². The maximum absolute atomic E-state index is 13.7. The molecule has 1 aromatic rings.